The van der Waals surface area contributed by atoms with E-state index >= 15 is 4.39 Å². The Labute approximate surface area is 395 Å². The van der Waals surface area contributed by atoms with Crippen LogP contribution in [0.2, 0.25) is 10.0 Å². The maximum atomic E-state index is 16.4. The normalized spacial score (nSPS) is 25.7. The van der Waals surface area contributed by atoms with Crippen molar-refractivity contribution in [3.8, 4) is 11.8 Å². The van der Waals surface area contributed by atoms with Crippen molar-refractivity contribution < 1.29 is 33.2 Å². The van der Waals surface area contributed by atoms with Gasteiger partial charge in [0.1, 0.15) is 23.1 Å². The van der Waals surface area contributed by atoms with E-state index in [-0.39, 0.29) is 70.6 Å². The first kappa shape index (κ1) is 46.2. The van der Waals surface area contributed by atoms with Gasteiger partial charge in [0.15, 0.2) is 5.78 Å². The number of ketones is 2. The summed E-state index contributed by atoms with van der Waals surface area (Å²) >= 11 is 12.9. The smallest absolute Gasteiger partial charge is 0.255 e. The molecule has 5 heterocycles. The molecule has 66 heavy (non-hydrogen) atoms. The number of nitrogens with one attached hydrogen (secondary N) is 3. The molecule has 11 nitrogen and oxygen atoms in total. The molecule has 4 atom stereocenters. The molecule has 3 N–H and O–H groups in total. The lowest BCUT2D eigenvalue weighted by atomic mass is 9.53. The van der Waals surface area contributed by atoms with Crippen molar-refractivity contribution in [3.63, 3.8) is 0 Å². The van der Waals surface area contributed by atoms with Gasteiger partial charge in [0.2, 0.25) is 17.7 Å². The van der Waals surface area contributed by atoms with Crippen LogP contribution < -0.4 is 16.0 Å². The number of imide groups is 1. The molecule has 4 amide bonds. The topological polar surface area (TPSA) is 145 Å². The van der Waals surface area contributed by atoms with E-state index in [4.69, 9.17) is 23.2 Å². The lowest BCUT2D eigenvalue weighted by Crippen LogP contribution is -2.61. The number of halogens is 3. The second kappa shape index (κ2) is 18.3. The summed E-state index contributed by atoms with van der Waals surface area (Å²) in [6, 6.07) is 14.1. The van der Waals surface area contributed by atoms with Crippen LogP contribution in [-0.2, 0) is 35.9 Å². The van der Waals surface area contributed by atoms with Gasteiger partial charge in [-0.1, -0.05) is 73.2 Å². The Balaban J connectivity index is 0.805. The molecule has 3 aromatic rings. The van der Waals surface area contributed by atoms with Crippen LogP contribution in [0.25, 0.3) is 0 Å². The van der Waals surface area contributed by atoms with E-state index < -0.39 is 40.7 Å². The van der Waals surface area contributed by atoms with Crippen molar-refractivity contribution >= 4 is 64.1 Å². The highest BCUT2D eigenvalue weighted by molar-refractivity contribution is 6.31. The van der Waals surface area contributed by atoms with Gasteiger partial charge in [0.25, 0.3) is 5.91 Å². The number of hydrogen-bond acceptors (Lipinski definition) is 8. The molecule has 1 unspecified atom stereocenters. The molecule has 2 spiro atoms. The molecule has 346 valence electrons. The Morgan fingerprint density at radius 2 is 1.67 bits per heavy atom. The van der Waals surface area contributed by atoms with E-state index in [1.54, 1.807) is 36.4 Å². The quantitative estimate of drug-likeness (QED) is 0.0997. The van der Waals surface area contributed by atoms with Crippen LogP contribution in [-0.4, -0.2) is 82.3 Å². The highest BCUT2D eigenvalue weighted by Gasteiger charge is 2.72. The van der Waals surface area contributed by atoms with E-state index in [0.29, 0.717) is 74.4 Å². The molecule has 4 fully saturated rings. The van der Waals surface area contributed by atoms with Crippen LogP contribution in [0.5, 0.6) is 0 Å². The minimum absolute atomic E-state index is 0.0381. The van der Waals surface area contributed by atoms with Crippen molar-refractivity contribution in [2.75, 3.05) is 25.0 Å². The average molecular weight is 937 g/mol. The van der Waals surface area contributed by atoms with E-state index in [1.807, 2.05) is 12.1 Å². The molecular formula is C52H56Cl2FN5O6. The maximum Gasteiger partial charge on any atom is 0.255 e. The summed E-state index contributed by atoms with van der Waals surface area (Å²) in [5.74, 6) is 3.85. The van der Waals surface area contributed by atoms with Crippen molar-refractivity contribution in [2.45, 2.75) is 133 Å². The first-order valence-electron chi connectivity index (χ1n) is 23.5. The number of Topliss-reactive ketones (excluding diaryl/α,β-unsaturated/α-hetero) is 2. The molecule has 0 radical (unpaired) electrons. The van der Waals surface area contributed by atoms with Crippen LogP contribution in [0.3, 0.4) is 0 Å². The predicted octanol–water partition coefficient (Wildman–Crippen LogP) is 8.03. The van der Waals surface area contributed by atoms with Crippen LogP contribution in [0.4, 0.5) is 10.1 Å². The summed E-state index contributed by atoms with van der Waals surface area (Å²) in [7, 11) is 0. The number of piperidine rings is 2. The van der Waals surface area contributed by atoms with E-state index in [1.165, 1.54) is 11.0 Å². The fourth-order valence-electron chi connectivity index (χ4n) is 12.0. The molecule has 14 heteroatoms. The number of rotatable bonds is 11. The highest BCUT2D eigenvalue weighted by Crippen LogP contribution is 2.64. The summed E-state index contributed by atoms with van der Waals surface area (Å²) in [5, 5.41) is 9.66. The maximum absolute atomic E-state index is 16.4. The number of likely N-dealkylation sites (tertiary alicyclic amines) is 1. The molecule has 3 aromatic carbocycles. The van der Waals surface area contributed by atoms with E-state index in [2.05, 4.69) is 46.5 Å². The highest BCUT2D eigenvalue weighted by atomic mass is 35.5. The van der Waals surface area contributed by atoms with Gasteiger partial charge >= 0.3 is 0 Å². The Morgan fingerprint density at radius 3 is 2.42 bits per heavy atom. The average Bonchev–Trinajstić information content (AvgIpc) is 3.88. The van der Waals surface area contributed by atoms with Crippen LogP contribution in [0.1, 0.15) is 136 Å². The predicted molar refractivity (Wildman–Crippen MR) is 249 cm³/mol. The van der Waals surface area contributed by atoms with Gasteiger partial charge in [0, 0.05) is 65.5 Å². The van der Waals surface area contributed by atoms with Crippen LogP contribution in [0.15, 0.2) is 54.6 Å². The SMILES string of the molecule is CC1(C)CCC2(CC1)N[C@@H](C(=O)CC1CCN(CC(=O)CCCCC#Cc3cccc4c3CN(C3CCC(=O)NC3=O)C4=O)CC1)[C@H](c1cccc(Cl)c1F)[C@]21C(=O)Nc2cc(Cl)ccc21. The van der Waals surface area contributed by atoms with Crippen LogP contribution >= 0.6 is 23.2 Å². The number of anilines is 1. The monoisotopic (exact) mass is 935 g/mol. The molecule has 3 saturated heterocycles. The van der Waals surface area contributed by atoms with Gasteiger partial charge in [-0.2, -0.15) is 0 Å². The largest absolute Gasteiger partial charge is 0.325 e. The Morgan fingerprint density at radius 1 is 0.909 bits per heavy atom. The molecule has 0 bridgehead atoms. The number of carbonyl (C=O) groups is 6. The summed E-state index contributed by atoms with van der Waals surface area (Å²) in [6.45, 7) is 6.44. The Kier molecular flexibility index (Phi) is 12.8. The van der Waals surface area contributed by atoms with Gasteiger partial charge in [-0.15, -0.1) is 0 Å². The first-order valence-corrected chi connectivity index (χ1v) is 24.2. The molecule has 5 aliphatic heterocycles. The van der Waals surface area contributed by atoms with Crippen molar-refractivity contribution in [2.24, 2.45) is 11.3 Å². The first-order chi connectivity index (χ1) is 31.6. The number of nitrogens with zero attached hydrogens (tertiary/aromatic N) is 2. The summed E-state index contributed by atoms with van der Waals surface area (Å²) in [6.07, 6.45) is 7.63. The third kappa shape index (κ3) is 8.39. The standard InChI is InChI=1S/C52H56Cl2FN5O6/c1-50(2)21-23-51(24-22-50)52(38-16-15-33(53)28-40(38)56-49(52)66)44(36-13-8-14-39(54)45(36)55)46(58-51)42(62)27-31-19-25-59(26-20-31)29-34(61)11-6-4-3-5-9-32-10-7-12-35-37(32)30-60(48(35)65)41-17-18-43(63)57-47(41)64/h7-8,10,12-16,28,31,41,44,46,58H,3-4,6,11,17-27,29-30H2,1-2H3,(H,56,66)(H,57,63,64)/t41?,44-,46-,52+/m0/s1. The van der Waals surface area contributed by atoms with Crippen molar-refractivity contribution in [1.82, 2.24) is 20.4 Å². The number of unbranched alkanes of at least 4 members (excludes halogenated alkanes) is 2. The number of carbonyl (C=O) groups excluding carboxylic acids is 6. The summed E-state index contributed by atoms with van der Waals surface area (Å²) in [5.41, 5.74) is 1.55. The van der Waals surface area contributed by atoms with Crippen molar-refractivity contribution in [3.05, 3.63) is 98.3 Å². The third-order valence-electron chi connectivity index (χ3n) is 15.5. The number of fused-ring (bicyclic) bond motifs is 4. The minimum atomic E-state index is -1.29. The summed E-state index contributed by atoms with van der Waals surface area (Å²) < 4.78 is 16.4. The van der Waals surface area contributed by atoms with E-state index in [0.717, 1.165) is 48.8 Å². The fraction of sp³-hybridized carbons (Fsp3) is 0.500. The second-order valence-corrected chi connectivity index (χ2v) is 21.0. The van der Waals surface area contributed by atoms with Crippen LogP contribution in [0, 0.1) is 29.0 Å². The number of hydrogen-bond donors (Lipinski definition) is 3. The number of amides is 4. The lowest BCUT2D eigenvalue weighted by Gasteiger charge is -2.50. The lowest BCUT2D eigenvalue weighted by molar-refractivity contribution is -0.137. The Hall–Kier alpha value is -4.93. The zero-order chi connectivity index (χ0) is 46.5. The van der Waals surface area contributed by atoms with Crippen molar-refractivity contribution in [1.29, 1.82) is 0 Å². The van der Waals surface area contributed by atoms with Gasteiger partial charge in [0.05, 0.1) is 17.6 Å². The third-order valence-corrected chi connectivity index (χ3v) is 16.1. The zero-order valence-electron chi connectivity index (χ0n) is 37.5. The summed E-state index contributed by atoms with van der Waals surface area (Å²) in [4.78, 5) is 83.8. The zero-order valence-corrected chi connectivity index (χ0v) is 39.0. The van der Waals surface area contributed by atoms with E-state index in [9.17, 15) is 28.8 Å². The molecule has 0 aromatic heterocycles. The fourth-order valence-corrected chi connectivity index (χ4v) is 12.3. The molecule has 9 rings (SSSR count). The van der Waals surface area contributed by atoms with Gasteiger partial charge < -0.3 is 10.2 Å². The second-order valence-electron chi connectivity index (χ2n) is 20.1. The molecular weight excluding hydrogens is 881 g/mol. The van der Waals surface area contributed by atoms with Gasteiger partial charge in [-0.05, 0) is 129 Å². The van der Waals surface area contributed by atoms with Gasteiger partial charge in [-0.3, -0.25) is 44.3 Å². The molecule has 1 aliphatic carbocycles. The van der Waals surface area contributed by atoms with Gasteiger partial charge in [-0.25, -0.2) is 4.39 Å². The molecule has 1 saturated carbocycles. The Bertz CT molecular complexity index is 2570. The minimum Gasteiger partial charge on any atom is -0.325 e. The number of benzene rings is 3. The molecule has 6 aliphatic rings.